The van der Waals surface area contributed by atoms with E-state index in [4.69, 9.17) is 18.9 Å². The summed E-state index contributed by atoms with van der Waals surface area (Å²) >= 11 is 0. The van der Waals surface area contributed by atoms with E-state index in [-0.39, 0.29) is 37.5 Å². The van der Waals surface area contributed by atoms with Crippen LogP contribution in [-0.4, -0.2) is 51.1 Å². The van der Waals surface area contributed by atoms with E-state index < -0.39 is 11.5 Å². The molecule has 0 radical (unpaired) electrons. The largest absolute Gasteiger partial charge is 0.444 e. The number of carbonyl (C=O) groups excluding carboxylic acids is 2. The van der Waals surface area contributed by atoms with Gasteiger partial charge >= 0.3 is 12.1 Å². The van der Waals surface area contributed by atoms with Crippen LogP contribution in [0, 0.1) is 5.41 Å². The topological polar surface area (TPSA) is 127 Å². The third-order valence-electron chi connectivity index (χ3n) is 5.38. The molecule has 1 N–H and O–H groups in total. The Morgan fingerprint density at radius 2 is 1.91 bits per heavy atom. The molecule has 0 aliphatic carbocycles. The van der Waals surface area contributed by atoms with Crippen LogP contribution in [0.3, 0.4) is 0 Å². The zero-order valence-electron chi connectivity index (χ0n) is 20.0. The summed E-state index contributed by atoms with van der Waals surface area (Å²) in [7, 11) is 0. The first kappa shape index (κ1) is 24.6. The van der Waals surface area contributed by atoms with E-state index in [1.807, 2.05) is 30.3 Å². The molecule has 3 aromatic rings. The molecule has 186 valence electrons. The molecule has 0 bridgehead atoms. The van der Waals surface area contributed by atoms with Crippen LogP contribution < -0.4 is 5.32 Å². The molecule has 1 aliphatic rings. The Morgan fingerprint density at radius 3 is 2.69 bits per heavy atom. The molecular formula is C24H29N5O6. The lowest BCUT2D eigenvalue weighted by molar-refractivity contribution is -0.169. The second-order valence-corrected chi connectivity index (χ2v) is 9.19. The van der Waals surface area contributed by atoms with Gasteiger partial charge in [-0.15, -0.1) is 0 Å². The van der Waals surface area contributed by atoms with Gasteiger partial charge in [0.2, 0.25) is 0 Å². The lowest BCUT2D eigenvalue weighted by Gasteiger charge is -2.18. The van der Waals surface area contributed by atoms with Crippen molar-refractivity contribution < 1.29 is 28.5 Å². The average Bonchev–Trinajstić information content (AvgIpc) is 3.48. The molecule has 1 saturated heterocycles. The first-order chi connectivity index (χ1) is 16.8. The molecule has 0 spiro atoms. The minimum Gasteiger partial charge on any atom is -0.444 e. The maximum atomic E-state index is 12.3. The molecule has 0 unspecified atom stereocenters. The van der Waals surface area contributed by atoms with E-state index in [0.29, 0.717) is 17.8 Å². The Hall–Kier alpha value is -3.57. The Balaban J connectivity index is 1.31. The molecule has 1 aromatic carbocycles. The smallest absolute Gasteiger partial charge is 0.413 e. The van der Waals surface area contributed by atoms with Crippen LogP contribution in [0.25, 0.3) is 11.2 Å². The Morgan fingerprint density at radius 1 is 1.11 bits per heavy atom. The van der Waals surface area contributed by atoms with Crippen molar-refractivity contribution >= 4 is 29.0 Å². The highest BCUT2D eigenvalue weighted by Crippen LogP contribution is 2.31. The summed E-state index contributed by atoms with van der Waals surface area (Å²) in [6.07, 6.45) is 3.37. The van der Waals surface area contributed by atoms with Crippen LogP contribution in [0.1, 0.15) is 45.4 Å². The van der Waals surface area contributed by atoms with Gasteiger partial charge in [0.1, 0.15) is 19.2 Å². The lowest BCUT2D eigenvalue weighted by Crippen LogP contribution is -2.25. The SMILES string of the molecule is CC(C)(C)C(=O)OCOC[C@@H]1CC[C@H](n2cnc3c(NC(=O)OCc4ccccc4)ncnc32)O1. The van der Waals surface area contributed by atoms with E-state index in [2.05, 4.69) is 20.3 Å². The third-order valence-corrected chi connectivity index (χ3v) is 5.38. The van der Waals surface area contributed by atoms with Gasteiger partial charge in [-0.05, 0) is 39.2 Å². The monoisotopic (exact) mass is 483 g/mol. The average molecular weight is 484 g/mol. The first-order valence-electron chi connectivity index (χ1n) is 11.4. The van der Waals surface area contributed by atoms with Crippen LogP contribution in [0.5, 0.6) is 0 Å². The molecule has 2 atom stereocenters. The predicted molar refractivity (Wildman–Crippen MR) is 125 cm³/mol. The normalized spacial score (nSPS) is 17.9. The molecule has 35 heavy (non-hydrogen) atoms. The highest BCUT2D eigenvalue weighted by molar-refractivity contribution is 5.93. The Kier molecular flexibility index (Phi) is 7.57. The number of carbonyl (C=O) groups is 2. The quantitative estimate of drug-likeness (QED) is 0.289. The van der Waals surface area contributed by atoms with Crippen molar-refractivity contribution in [2.75, 3.05) is 18.7 Å². The summed E-state index contributed by atoms with van der Waals surface area (Å²) in [5.74, 6) is -0.0639. The van der Waals surface area contributed by atoms with E-state index in [9.17, 15) is 9.59 Å². The highest BCUT2D eigenvalue weighted by atomic mass is 16.7. The molecule has 1 aliphatic heterocycles. The summed E-state index contributed by atoms with van der Waals surface area (Å²) in [6, 6.07) is 9.39. The number of esters is 1. The first-order valence-corrected chi connectivity index (χ1v) is 11.4. The molecule has 11 heteroatoms. The fourth-order valence-electron chi connectivity index (χ4n) is 3.52. The predicted octanol–water partition coefficient (Wildman–Crippen LogP) is 3.82. The molecule has 1 amide bonds. The fourth-order valence-corrected chi connectivity index (χ4v) is 3.52. The van der Waals surface area contributed by atoms with Gasteiger partial charge in [0.15, 0.2) is 23.8 Å². The molecule has 1 fully saturated rings. The molecular weight excluding hydrogens is 454 g/mol. The van der Waals surface area contributed by atoms with E-state index in [0.717, 1.165) is 18.4 Å². The van der Waals surface area contributed by atoms with Gasteiger partial charge in [-0.3, -0.25) is 14.7 Å². The number of benzene rings is 1. The van der Waals surface area contributed by atoms with Crippen molar-refractivity contribution in [3.63, 3.8) is 0 Å². The van der Waals surface area contributed by atoms with Crippen molar-refractivity contribution in [3.8, 4) is 0 Å². The van der Waals surface area contributed by atoms with Crippen LogP contribution in [0.15, 0.2) is 43.0 Å². The molecule has 0 saturated carbocycles. The van der Waals surface area contributed by atoms with Crippen LogP contribution in [-0.2, 0) is 30.3 Å². The second kappa shape index (κ2) is 10.8. The summed E-state index contributed by atoms with van der Waals surface area (Å²) in [4.78, 5) is 36.9. The van der Waals surface area contributed by atoms with E-state index >= 15 is 0 Å². The summed E-state index contributed by atoms with van der Waals surface area (Å²) in [5.41, 5.74) is 1.27. The molecule has 3 heterocycles. The zero-order chi connectivity index (χ0) is 24.8. The van der Waals surface area contributed by atoms with Gasteiger partial charge in [-0.25, -0.2) is 19.7 Å². The summed E-state index contributed by atoms with van der Waals surface area (Å²) in [5, 5.41) is 2.63. The van der Waals surface area contributed by atoms with Crippen molar-refractivity contribution in [1.82, 2.24) is 19.5 Å². The van der Waals surface area contributed by atoms with Gasteiger partial charge in [0, 0.05) is 0 Å². The zero-order valence-corrected chi connectivity index (χ0v) is 20.0. The number of imidazole rings is 1. The minimum absolute atomic E-state index is 0.114. The van der Waals surface area contributed by atoms with Crippen molar-refractivity contribution in [2.45, 2.75) is 52.6 Å². The standard InChI is InChI=1S/C24H29N5O6/c1-24(2,3)22(30)34-15-32-12-17-9-10-18(35-17)29-14-27-19-20(25-13-26-21(19)29)28-23(31)33-11-16-7-5-4-6-8-16/h4-8,13-14,17-18H,9-12,15H2,1-3H3,(H,25,26,28,31)/t17-,18+/m0/s1. The van der Waals surface area contributed by atoms with Gasteiger partial charge in [0.25, 0.3) is 0 Å². The van der Waals surface area contributed by atoms with Gasteiger partial charge in [-0.1, -0.05) is 30.3 Å². The number of hydrogen-bond donors (Lipinski definition) is 1. The van der Waals surface area contributed by atoms with E-state index in [1.165, 1.54) is 6.33 Å². The van der Waals surface area contributed by atoms with Crippen molar-refractivity contribution in [2.24, 2.45) is 5.41 Å². The number of amides is 1. The van der Waals surface area contributed by atoms with Crippen LogP contribution in [0.2, 0.25) is 0 Å². The number of aromatic nitrogens is 4. The Bertz CT molecular complexity index is 1160. The second-order valence-electron chi connectivity index (χ2n) is 9.19. The molecule has 11 nitrogen and oxygen atoms in total. The van der Waals surface area contributed by atoms with E-state index in [1.54, 1.807) is 31.7 Å². The molecule has 4 rings (SSSR count). The number of rotatable bonds is 8. The minimum atomic E-state index is -0.634. The number of nitrogens with zero attached hydrogens (tertiary/aromatic N) is 4. The number of ether oxygens (including phenoxy) is 4. The lowest BCUT2D eigenvalue weighted by atomic mass is 9.98. The van der Waals surface area contributed by atoms with Crippen molar-refractivity contribution in [1.29, 1.82) is 0 Å². The number of anilines is 1. The van der Waals surface area contributed by atoms with Gasteiger partial charge in [-0.2, -0.15) is 0 Å². The highest BCUT2D eigenvalue weighted by Gasteiger charge is 2.29. The third kappa shape index (κ3) is 6.31. The number of hydrogen-bond acceptors (Lipinski definition) is 9. The summed E-state index contributed by atoms with van der Waals surface area (Å²) < 4.78 is 23.7. The maximum absolute atomic E-state index is 12.3. The summed E-state index contributed by atoms with van der Waals surface area (Å²) in [6.45, 7) is 5.69. The van der Waals surface area contributed by atoms with Crippen molar-refractivity contribution in [3.05, 3.63) is 48.5 Å². The Labute approximate surface area is 202 Å². The number of fused-ring (bicyclic) bond motifs is 1. The number of nitrogens with one attached hydrogen (secondary N) is 1. The van der Waals surface area contributed by atoms with Gasteiger partial charge in [0.05, 0.1) is 24.5 Å². The van der Waals surface area contributed by atoms with Gasteiger partial charge < -0.3 is 18.9 Å². The maximum Gasteiger partial charge on any atom is 0.413 e. The van der Waals surface area contributed by atoms with Crippen LogP contribution >= 0.6 is 0 Å². The fraction of sp³-hybridized carbons (Fsp3) is 0.458. The molecule has 2 aromatic heterocycles. The van der Waals surface area contributed by atoms with Crippen LogP contribution in [0.4, 0.5) is 10.6 Å².